The van der Waals surface area contributed by atoms with Crippen molar-refractivity contribution in [2.45, 2.75) is 38.8 Å². The van der Waals surface area contributed by atoms with E-state index in [1.54, 1.807) is 31.2 Å². The number of carbonyl (C=O) groups is 3. The fourth-order valence-corrected chi connectivity index (χ4v) is 5.00. The minimum Gasteiger partial charge on any atom is -0.337 e. The molecule has 2 heterocycles. The lowest BCUT2D eigenvalue weighted by Gasteiger charge is -2.27. The number of ketones is 1. The highest BCUT2D eigenvalue weighted by Gasteiger charge is 2.37. The molecule has 1 aromatic heterocycles. The second-order valence-electron chi connectivity index (χ2n) is 7.58. The van der Waals surface area contributed by atoms with Crippen LogP contribution in [0.15, 0.2) is 24.3 Å². The maximum absolute atomic E-state index is 13.4. The van der Waals surface area contributed by atoms with Gasteiger partial charge in [-0.25, -0.2) is 0 Å². The molecule has 1 aliphatic carbocycles. The Balaban J connectivity index is 1.72. The summed E-state index contributed by atoms with van der Waals surface area (Å²) in [4.78, 5) is 40.9. The van der Waals surface area contributed by atoms with Crippen LogP contribution < -0.4 is 11.1 Å². The van der Waals surface area contributed by atoms with Gasteiger partial charge in [0.1, 0.15) is 5.00 Å². The average molecular weight is 432 g/mol. The van der Waals surface area contributed by atoms with Crippen molar-refractivity contribution < 1.29 is 14.4 Å². The van der Waals surface area contributed by atoms with Crippen LogP contribution in [0.5, 0.6) is 0 Å². The molecule has 1 saturated carbocycles. The molecule has 0 bridgehead atoms. The molecule has 0 spiro atoms. The topological polar surface area (TPSA) is 92.5 Å². The largest absolute Gasteiger partial charge is 0.337 e. The molecule has 1 atom stereocenters. The number of nitrogens with two attached hydrogens (primary N) is 1. The minimum absolute atomic E-state index is 0.151. The highest BCUT2D eigenvalue weighted by molar-refractivity contribution is 7.17. The Morgan fingerprint density at radius 2 is 2.00 bits per heavy atom. The molecule has 1 aliphatic heterocycles. The standard InChI is InChI=1S/C21H22ClN3O3S/c1-11(23)19(27)24-20-17(18(26)13-4-2-3-5-15(13)22)14-8-9-25(10-16(14)29-20)21(28)12-6-7-12/h2-5,11-12H,6-10,23H2,1H3,(H,24,27). The lowest BCUT2D eigenvalue weighted by molar-refractivity contribution is -0.133. The number of nitrogens with one attached hydrogen (secondary N) is 1. The van der Waals surface area contributed by atoms with E-state index in [1.165, 1.54) is 11.3 Å². The predicted molar refractivity (Wildman–Crippen MR) is 113 cm³/mol. The van der Waals surface area contributed by atoms with Gasteiger partial charge in [0.25, 0.3) is 0 Å². The van der Waals surface area contributed by atoms with Crippen LogP contribution in [0.3, 0.4) is 0 Å². The summed E-state index contributed by atoms with van der Waals surface area (Å²) in [6, 6.07) is 6.17. The summed E-state index contributed by atoms with van der Waals surface area (Å²) in [5.74, 6) is -0.250. The van der Waals surface area contributed by atoms with E-state index in [-0.39, 0.29) is 23.5 Å². The lowest BCUT2D eigenvalue weighted by atomic mass is 9.96. The van der Waals surface area contributed by atoms with E-state index >= 15 is 0 Å². The van der Waals surface area contributed by atoms with Crippen LogP contribution in [0.1, 0.15) is 46.1 Å². The van der Waals surface area contributed by atoms with Gasteiger partial charge in [0, 0.05) is 22.9 Å². The van der Waals surface area contributed by atoms with Gasteiger partial charge >= 0.3 is 0 Å². The summed E-state index contributed by atoms with van der Waals surface area (Å²) in [6.07, 6.45) is 2.49. The molecule has 152 valence electrons. The lowest BCUT2D eigenvalue weighted by Crippen LogP contribution is -2.36. The van der Waals surface area contributed by atoms with Crippen LogP contribution in [0.25, 0.3) is 0 Å². The van der Waals surface area contributed by atoms with Gasteiger partial charge < -0.3 is 16.0 Å². The second-order valence-corrected chi connectivity index (χ2v) is 9.09. The molecule has 1 unspecified atom stereocenters. The van der Waals surface area contributed by atoms with E-state index in [0.29, 0.717) is 40.7 Å². The van der Waals surface area contributed by atoms with Gasteiger partial charge in [-0.2, -0.15) is 0 Å². The van der Waals surface area contributed by atoms with Gasteiger partial charge in [0.2, 0.25) is 11.8 Å². The first-order chi connectivity index (χ1) is 13.9. The molecule has 2 amide bonds. The minimum atomic E-state index is -0.703. The molecular formula is C21H22ClN3O3S. The van der Waals surface area contributed by atoms with Crippen LogP contribution in [0.4, 0.5) is 5.00 Å². The Labute approximate surface area is 178 Å². The smallest absolute Gasteiger partial charge is 0.241 e. The normalized spacial score (nSPS) is 16.9. The summed E-state index contributed by atoms with van der Waals surface area (Å²) in [5.41, 5.74) is 7.45. The molecule has 4 rings (SSSR count). The third-order valence-electron chi connectivity index (χ3n) is 5.29. The predicted octanol–water partition coefficient (Wildman–Crippen LogP) is 3.21. The zero-order valence-corrected chi connectivity index (χ0v) is 17.6. The number of nitrogens with zero attached hydrogens (tertiary/aromatic N) is 1. The number of benzene rings is 1. The second kappa shape index (κ2) is 7.89. The molecule has 1 fully saturated rings. The van der Waals surface area contributed by atoms with Crippen molar-refractivity contribution in [3.05, 3.63) is 50.9 Å². The summed E-state index contributed by atoms with van der Waals surface area (Å²) >= 11 is 7.60. The molecule has 6 nitrogen and oxygen atoms in total. The van der Waals surface area contributed by atoms with Gasteiger partial charge in [0.15, 0.2) is 5.78 Å². The van der Waals surface area contributed by atoms with E-state index in [0.717, 1.165) is 23.3 Å². The average Bonchev–Trinajstić information content (AvgIpc) is 3.48. The van der Waals surface area contributed by atoms with Crippen molar-refractivity contribution in [2.24, 2.45) is 11.7 Å². The Bertz CT molecular complexity index is 997. The van der Waals surface area contributed by atoms with Gasteiger partial charge in [-0.05, 0) is 43.9 Å². The van der Waals surface area contributed by atoms with E-state index < -0.39 is 6.04 Å². The van der Waals surface area contributed by atoms with Crippen molar-refractivity contribution in [1.29, 1.82) is 0 Å². The fraction of sp³-hybridized carbons (Fsp3) is 0.381. The Morgan fingerprint density at radius 3 is 2.66 bits per heavy atom. The van der Waals surface area contributed by atoms with Crippen molar-refractivity contribution in [3.63, 3.8) is 0 Å². The van der Waals surface area contributed by atoms with Gasteiger partial charge in [-0.3, -0.25) is 14.4 Å². The van der Waals surface area contributed by atoms with Crippen LogP contribution in [0, 0.1) is 5.92 Å². The molecule has 29 heavy (non-hydrogen) atoms. The molecule has 1 aromatic carbocycles. The first-order valence-corrected chi connectivity index (χ1v) is 10.8. The molecule has 3 N–H and O–H groups in total. The third-order valence-corrected chi connectivity index (χ3v) is 6.75. The van der Waals surface area contributed by atoms with Gasteiger partial charge in [-0.1, -0.05) is 23.7 Å². The molecule has 2 aliphatic rings. The number of hydrogen-bond acceptors (Lipinski definition) is 5. The van der Waals surface area contributed by atoms with Crippen LogP contribution in [-0.2, 0) is 22.6 Å². The van der Waals surface area contributed by atoms with Crippen molar-refractivity contribution in [1.82, 2.24) is 4.90 Å². The number of rotatable bonds is 5. The maximum atomic E-state index is 13.4. The molecule has 0 saturated heterocycles. The number of halogens is 1. The van der Waals surface area contributed by atoms with Crippen molar-refractivity contribution in [3.8, 4) is 0 Å². The van der Waals surface area contributed by atoms with E-state index in [1.807, 2.05) is 4.90 Å². The number of thiophene rings is 1. The van der Waals surface area contributed by atoms with Crippen LogP contribution >= 0.6 is 22.9 Å². The highest BCUT2D eigenvalue weighted by atomic mass is 35.5. The first-order valence-electron chi connectivity index (χ1n) is 9.65. The monoisotopic (exact) mass is 431 g/mol. The Kier molecular flexibility index (Phi) is 5.46. The van der Waals surface area contributed by atoms with E-state index in [2.05, 4.69) is 5.32 Å². The first kappa shape index (κ1) is 20.1. The summed E-state index contributed by atoms with van der Waals surface area (Å²) in [5, 5.41) is 3.64. The SMILES string of the molecule is CC(N)C(=O)Nc1sc2c(c1C(=O)c1ccccc1Cl)CCN(C(=O)C1CC1)C2. The Morgan fingerprint density at radius 1 is 1.28 bits per heavy atom. The number of amides is 2. The zero-order chi connectivity index (χ0) is 20.7. The van der Waals surface area contributed by atoms with E-state index in [9.17, 15) is 14.4 Å². The number of anilines is 1. The highest BCUT2D eigenvalue weighted by Crippen LogP contribution is 2.40. The summed E-state index contributed by atoms with van der Waals surface area (Å²) in [7, 11) is 0. The number of hydrogen-bond donors (Lipinski definition) is 2. The van der Waals surface area contributed by atoms with Crippen molar-refractivity contribution in [2.75, 3.05) is 11.9 Å². The summed E-state index contributed by atoms with van der Waals surface area (Å²) < 4.78 is 0. The quantitative estimate of drug-likeness (QED) is 0.711. The number of carbonyl (C=O) groups excluding carboxylic acids is 3. The van der Waals surface area contributed by atoms with Crippen LogP contribution in [0.2, 0.25) is 5.02 Å². The van der Waals surface area contributed by atoms with E-state index in [4.69, 9.17) is 17.3 Å². The number of fused-ring (bicyclic) bond motifs is 1. The molecule has 0 radical (unpaired) electrons. The maximum Gasteiger partial charge on any atom is 0.241 e. The molecular weight excluding hydrogens is 410 g/mol. The van der Waals surface area contributed by atoms with Crippen LogP contribution in [-0.4, -0.2) is 35.1 Å². The van der Waals surface area contributed by atoms with Gasteiger partial charge in [-0.15, -0.1) is 11.3 Å². The summed E-state index contributed by atoms with van der Waals surface area (Å²) in [6.45, 7) is 2.63. The molecule has 8 heteroatoms. The molecule has 2 aromatic rings. The third kappa shape index (κ3) is 3.95. The fourth-order valence-electron chi connectivity index (χ4n) is 3.51. The Hall–Kier alpha value is -2.22. The van der Waals surface area contributed by atoms with Gasteiger partial charge in [0.05, 0.1) is 23.2 Å². The zero-order valence-electron chi connectivity index (χ0n) is 16.0. The van der Waals surface area contributed by atoms with Crippen molar-refractivity contribution >= 4 is 45.5 Å².